The van der Waals surface area contributed by atoms with Gasteiger partial charge in [0.05, 0.1) is 11.4 Å². The number of nitrogens with zero attached hydrogens (tertiary/aromatic N) is 8. The van der Waals surface area contributed by atoms with Gasteiger partial charge < -0.3 is 16.8 Å². The van der Waals surface area contributed by atoms with Gasteiger partial charge in [-0.1, -0.05) is 79.9 Å². The lowest BCUT2D eigenvalue weighted by molar-refractivity contribution is 0.429. The first kappa shape index (κ1) is 27.9. The molecule has 0 spiro atoms. The maximum absolute atomic E-state index is 6.09. The summed E-state index contributed by atoms with van der Waals surface area (Å²) in [6.45, 7) is 2.00. The van der Waals surface area contributed by atoms with Crippen molar-refractivity contribution in [2.75, 3.05) is 24.6 Å². The minimum absolute atomic E-state index is 0.355. The first-order valence-corrected chi connectivity index (χ1v) is 15.5. The summed E-state index contributed by atoms with van der Waals surface area (Å²) < 4.78 is 3.30. The van der Waals surface area contributed by atoms with Crippen LogP contribution in [0.4, 0.5) is 11.9 Å². The normalized spacial score (nSPS) is 17.4. The summed E-state index contributed by atoms with van der Waals surface area (Å²) in [6, 6.07) is 23.9. The average molecular weight is 588 g/mol. The molecule has 1 saturated heterocycles. The molecule has 0 radical (unpaired) electrons. The molecule has 4 aromatic heterocycles. The van der Waals surface area contributed by atoms with E-state index in [9.17, 15) is 0 Å². The highest BCUT2D eigenvalue weighted by atomic mass is 15.4. The van der Waals surface area contributed by atoms with Crippen LogP contribution in [-0.2, 0) is 0 Å². The van der Waals surface area contributed by atoms with Gasteiger partial charge in [-0.2, -0.15) is 9.03 Å². The highest BCUT2D eigenvalue weighted by Gasteiger charge is 2.22. The van der Waals surface area contributed by atoms with Crippen molar-refractivity contribution in [1.29, 1.82) is 0 Å². The third-order valence-corrected chi connectivity index (χ3v) is 8.50. The standard InChI is InChI=1S/C17H19N5.C16H18N6/c18-17-19-14(12-7-3-1-4-8-12)11-15-20-16(21-22(15)17)13-9-5-2-6-10-13;17-16-19-13(11-5-2-1-3-6-11)9-14-20-15(21-22(14)16)12-7-4-8-18-10-12/h1,3-4,7-8,11,13H,2,5-6,9-10H2,(H2,18,19);1-3,5-6,9,12,18H,4,7-8,10H2,(H2,17,19)/t;12-/m.1/s1. The number of nitrogen functional groups attached to an aromatic ring is 2. The molecule has 0 unspecified atom stereocenters. The van der Waals surface area contributed by atoms with Gasteiger partial charge in [-0.05, 0) is 32.2 Å². The second-order valence-electron chi connectivity index (χ2n) is 11.6. The molecule has 1 aliphatic heterocycles. The molecule has 0 amide bonds. The van der Waals surface area contributed by atoms with Crippen molar-refractivity contribution in [3.8, 4) is 22.5 Å². The van der Waals surface area contributed by atoms with Crippen LogP contribution in [0, 0.1) is 0 Å². The van der Waals surface area contributed by atoms with Crippen molar-refractivity contribution >= 4 is 23.2 Å². The topological polar surface area (TPSA) is 150 Å². The molecule has 2 fully saturated rings. The molecule has 0 bridgehead atoms. The summed E-state index contributed by atoms with van der Waals surface area (Å²) in [6.07, 6.45) is 8.48. The predicted octanol–water partition coefficient (Wildman–Crippen LogP) is 5.26. The van der Waals surface area contributed by atoms with Crippen LogP contribution in [0.5, 0.6) is 0 Å². The van der Waals surface area contributed by atoms with Gasteiger partial charge in [-0.25, -0.2) is 19.9 Å². The average Bonchev–Trinajstić information content (AvgIpc) is 3.73. The molecule has 11 heteroatoms. The van der Waals surface area contributed by atoms with Crippen LogP contribution in [0.2, 0.25) is 0 Å². The smallest absolute Gasteiger partial charge is 0.223 e. The van der Waals surface area contributed by atoms with Crippen molar-refractivity contribution in [3.05, 3.63) is 84.4 Å². The summed E-state index contributed by atoms with van der Waals surface area (Å²) in [7, 11) is 0. The highest BCUT2D eigenvalue weighted by Crippen LogP contribution is 2.31. The van der Waals surface area contributed by atoms with E-state index in [1.807, 2.05) is 72.8 Å². The second kappa shape index (κ2) is 12.4. The third kappa shape index (κ3) is 5.83. The SMILES string of the molecule is Nc1nc(-c2ccccc2)cc2nc(C3CCCCC3)nn12.Nc1nc(-c2ccccc2)cc2nc([C@@H]3CCCNC3)nn12. The Labute approximate surface area is 255 Å². The maximum atomic E-state index is 6.09. The largest absolute Gasteiger partial charge is 0.368 e. The van der Waals surface area contributed by atoms with E-state index in [4.69, 9.17) is 16.5 Å². The molecule has 1 saturated carbocycles. The second-order valence-corrected chi connectivity index (χ2v) is 11.6. The van der Waals surface area contributed by atoms with Gasteiger partial charge in [0.15, 0.2) is 22.9 Å². The first-order valence-electron chi connectivity index (χ1n) is 15.5. The Kier molecular flexibility index (Phi) is 7.85. The van der Waals surface area contributed by atoms with Gasteiger partial charge in [0.25, 0.3) is 0 Å². The monoisotopic (exact) mass is 587 g/mol. The molecule has 44 heavy (non-hydrogen) atoms. The summed E-state index contributed by atoms with van der Waals surface area (Å²) in [5, 5.41) is 12.5. The number of anilines is 2. The Balaban J connectivity index is 0.000000142. The number of hydrogen-bond acceptors (Lipinski definition) is 9. The minimum Gasteiger partial charge on any atom is -0.368 e. The molecule has 2 aliphatic rings. The summed E-state index contributed by atoms with van der Waals surface area (Å²) >= 11 is 0. The Bertz CT molecular complexity index is 1710. The lowest BCUT2D eigenvalue weighted by Gasteiger charge is -2.19. The van der Waals surface area contributed by atoms with Crippen LogP contribution in [0.3, 0.4) is 0 Å². The molecule has 6 aromatic rings. The van der Waals surface area contributed by atoms with Gasteiger partial charge in [-0.15, -0.1) is 10.2 Å². The van der Waals surface area contributed by atoms with Crippen LogP contribution in [0.25, 0.3) is 33.8 Å². The number of fused-ring (bicyclic) bond motifs is 2. The molecular weight excluding hydrogens is 550 g/mol. The van der Waals surface area contributed by atoms with Crippen molar-refractivity contribution in [3.63, 3.8) is 0 Å². The molecular formula is C33H37N11. The van der Waals surface area contributed by atoms with Gasteiger partial charge in [0.2, 0.25) is 11.9 Å². The Morgan fingerprint density at radius 1 is 0.591 bits per heavy atom. The van der Waals surface area contributed by atoms with E-state index >= 15 is 0 Å². The van der Waals surface area contributed by atoms with Crippen molar-refractivity contribution in [2.45, 2.75) is 56.8 Å². The predicted molar refractivity (Wildman–Crippen MR) is 172 cm³/mol. The zero-order chi connectivity index (χ0) is 29.9. The van der Waals surface area contributed by atoms with Crippen LogP contribution in [-0.4, -0.2) is 52.3 Å². The zero-order valence-corrected chi connectivity index (χ0v) is 24.7. The van der Waals surface area contributed by atoms with Crippen LogP contribution in [0.15, 0.2) is 72.8 Å². The number of hydrogen-bond donors (Lipinski definition) is 3. The van der Waals surface area contributed by atoms with E-state index in [0.29, 0.717) is 23.7 Å². The van der Waals surface area contributed by atoms with Crippen LogP contribution < -0.4 is 16.8 Å². The minimum atomic E-state index is 0.355. The van der Waals surface area contributed by atoms with E-state index in [0.717, 1.165) is 71.4 Å². The Morgan fingerprint density at radius 3 is 1.59 bits per heavy atom. The van der Waals surface area contributed by atoms with Crippen LogP contribution >= 0.6 is 0 Å². The summed E-state index contributed by atoms with van der Waals surface area (Å²) in [4.78, 5) is 18.3. The van der Waals surface area contributed by atoms with E-state index in [2.05, 4.69) is 30.5 Å². The van der Waals surface area contributed by atoms with Crippen molar-refractivity contribution < 1.29 is 0 Å². The fourth-order valence-electron chi connectivity index (χ4n) is 6.15. The van der Waals surface area contributed by atoms with E-state index < -0.39 is 0 Å². The molecule has 8 rings (SSSR count). The number of aromatic nitrogens is 8. The number of piperidine rings is 1. The number of benzene rings is 2. The third-order valence-electron chi connectivity index (χ3n) is 8.50. The van der Waals surface area contributed by atoms with Crippen molar-refractivity contribution in [1.82, 2.24) is 44.5 Å². The summed E-state index contributed by atoms with van der Waals surface area (Å²) in [5.41, 5.74) is 17.4. The number of nitrogens with one attached hydrogen (secondary N) is 1. The molecule has 2 aromatic carbocycles. The van der Waals surface area contributed by atoms with Gasteiger partial charge in [0, 0.05) is 41.6 Å². The fourth-order valence-corrected chi connectivity index (χ4v) is 6.15. The van der Waals surface area contributed by atoms with Crippen LogP contribution in [0.1, 0.15) is 68.4 Å². The van der Waals surface area contributed by atoms with E-state index in [-0.39, 0.29) is 0 Å². The van der Waals surface area contributed by atoms with Gasteiger partial charge in [0.1, 0.15) is 0 Å². The van der Waals surface area contributed by atoms with E-state index in [1.165, 1.54) is 32.1 Å². The molecule has 1 aliphatic carbocycles. The number of nitrogens with two attached hydrogens (primary N) is 2. The fraction of sp³-hybridized carbons (Fsp3) is 0.333. The lowest BCUT2D eigenvalue weighted by atomic mass is 9.89. The highest BCUT2D eigenvalue weighted by molar-refractivity contribution is 5.66. The molecule has 224 valence electrons. The quantitative estimate of drug-likeness (QED) is 0.251. The lowest BCUT2D eigenvalue weighted by Crippen LogP contribution is -2.29. The maximum Gasteiger partial charge on any atom is 0.223 e. The number of rotatable bonds is 4. The van der Waals surface area contributed by atoms with Gasteiger partial charge in [-0.3, -0.25) is 0 Å². The molecule has 5 heterocycles. The molecule has 11 nitrogen and oxygen atoms in total. The summed E-state index contributed by atoms with van der Waals surface area (Å²) in [5.74, 6) is 3.36. The van der Waals surface area contributed by atoms with Gasteiger partial charge >= 0.3 is 0 Å². The molecule has 5 N–H and O–H groups in total. The molecule has 1 atom stereocenters. The van der Waals surface area contributed by atoms with Crippen molar-refractivity contribution in [2.24, 2.45) is 0 Å². The zero-order valence-electron chi connectivity index (χ0n) is 24.7. The Hall–Kier alpha value is -4.90. The van der Waals surface area contributed by atoms with E-state index in [1.54, 1.807) is 9.03 Å². The first-order chi connectivity index (χ1) is 21.6. The Morgan fingerprint density at radius 2 is 1.09 bits per heavy atom.